The van der Waals surface area contributed by atoms with Gasteiger partial charge in [-0.2, -0.15) is 0 Å². The van der Waals surface area contributed by atoms with E-state index in [4.69, 9.17) is 0 Å². The van der Waals surface area contributed by atoms with Crippen molar-refractivity contribution >= 4 is 21.6 Å². The number of aromatic nitrogens is 2. The van der Waals surface area contributed by atoms with Gasteiger partial charge >= 0.3 is 0 Å². The Hall–Kier alpha value is -2.72. The molecular weight excluding hydrogens is 304 g/mol. The van der Waals surface area contributed by atoms with Crippen LogP contribution in [0, 0.1) is 6.92 Å². The molecule has 23 heavy (non-hydrogen) atoms. The van der Waals surface area contributed by atoms with E-state index in [1.54, 1.807) is 0 Å². The normalized spacial score (nSPS) is 11.0. The van der Waals surface area contributed by atoms with Crippen LogP contribution in [0.2, 0.25) is 0 Å². The second-order valence-corrected chi connectivity index (χ2v) is 6.34. The maximum absolute atomic E-state index is 12.6. The summed E-state index contributed by atoms with van der Waals surface area (Å²) >= 11 is 1.50. The predicted octanol–water partition coefficient (Wildman–Crippen LogP) is 4.63. The van der Waals surface area contributed by atoms with Crippen molar-refractivity contribution in [2.24, 2.45) is 0 Å². The molecule has 0 fully saturated rings. The van der Waals surface area contributed by atoms with Crippen LogP contribution in [0.1, 0.15) is 5.56 Å². The van der Waals surface area contributed by atoms with E-state index in [0.717, 1.165) is 27.1 Å². The lowest BCUT2D eigenvalue weighted by atomic mass is 10.1. The molecule has 2 heterocycles. The van der Waals surface area contributed by atoms with E-state index >= 15 is 0 Å². The quantitative estimate of drug-likeness (QED) is 0.586. The molecule has 2 aromatic heterocycles. The van der Waals surface area contributed by atoms with E-state index in [1.807, 2.05) is 66.9 Å². The van der Waals surface area contributed by atoms with E-state index in [0.29, 0.717) is 11.2 Å². The van der Waals surface area contributed by atoms with Crippen molar-refractivity contribution < 1.29 is 0 Å². The molecule has 1 N–H and O–H groups in total. The minimum Gasteiger partial charge on any atom is -0.306 e. The van der Waals surface area contributed by atoms with Crippen LogP contribution in [0.3, 0.4) is 0 Å². The number of aryl methyl sites for hydroxylation is 1. The van der Waals surface area contributed by atoms with Gasteiger partial charge in [-0.15, -0.1) is 11.3 Å². The standard InChI is InChI=1S/C19H14N2OS/c1-12-6-5-9-14(10-12)17-20-18(22)16-15(11-23-19(16)21-17)13-7-3-2-4-8-13/h2-11H,1H3,(H,20,21,22). The molecule has 0 aliphatic carbocycles. The molecule has 0 spiro atoms. The Balaban J connectivity index is 1.93. The fraction of sp³-hybridized carbons (Fsp3) is 0.0526. The Labute approximate surface area is 137 Å². The molecule has 0 radical (unpaired) electrons. The van der Waals surface area contributed by atoms with Gasteiger partial charge in [0.05, 0.1) is 5.39 Å². The van der Waals surface area contributed by atoms with Crippen LogP contribution in [0.4, 0.5) is 0 Å². The molecule has 0 aliphatic rings. The van der Waals surface area contributed by atoms with Gasteiger partial charge in [-0.1, -0.05) is 54.1 Å². The first-order chi connectivity index (χ1) is 11.2. The Morgan fingerprint density at radius 3 is 2.57 bits per heavy atom. The molecule has 4 aromatic rings. The third kappa shape index (κ3) is 2.47. The molecule has 4 heteroatoms. The first-order valence-corrected chi connectivity index (χ1v) is 8.24. The lowest BCUT2D eigenvalue weighted by Crippen LogP contribution is -2.09. The van der Waals surface area contributed by atoms with Gasteiger partial charge in [-0.25, -0.2) is 4.98 Å². The number of rotatable bonds is 2. The summed E-state index contributed by atoms with van der Waals surface area (Å²) in [6.45, 7) is 2.03. The molecular formula is C19H14N2OS. The molecule has 112 valence electrons. The number of thiophene rings is 1. The first-order valence-electron chi connectivity index (χ1n) is 7.36. The molecule has 0 atom stereocenters. The largest absolute Gasteiger partial charge is 0.306 e. The third-order valence-corrected chi connectivity index (χ3v) is 4.69. The Morgan fingerprint density at radius 1 is 1.00 bits per heavy atom. The van der Waals surface area contributed by atoms with Crippen LogP contribution in [0.25, 0.3) is 32.7 Å². The van der Waals surface area contributed by atoms with E-state index in [1.165, 1.54) is 11.3 Å². The summed E-state index contributed by atoms with van der Waals surface area (Å²) in [5.41, 5.74) is 3.95. The van der Waals surface area contributed by atoms with E-state index in [9.17, 15) is 4.79 Å². The fourth-order valence-corrected chi connectivity index (χ4v) is 3.66. The van der Waals surface area contributed by atoms with Gasteiger partial charge in [0, 0.05) is 16.5 Å². The van der Waals surface area contributed by atoms with Crippen LogP contribution in [0.15, 0.2) is 64.8 Å². The maximum Gasteiger partial charge on any atom is 0.260 e. The average Bonchev–Trinajstić information content (AvgIpc) is 3.00. The number of hydrogen-bond acceptors (Lipinski definition) is 3. The summed E-state index contributed by atoms with van der Waals surface area (Å²) in [6, 6.07) is 17.9. The number of nitrogens with zero attached hydrogens (tertiary/aromatic N) is 1. The van der Waals surface area contributed by atoms with Crippen molar-refractivity contribution in [2.75, 3.05) is 0 Å². The zero-order valence-electron chi connectivity index (χ0n) is 12.5. The fourth-order valence-electron chi connectivity index (χ4n) is 2.71. The Kier molecular flexibility index (Phi) is 3.32. The number of fused-ring (bicyclic) bond motifs is 1. The van der Waals surface area contributed by atoms with Crippen molar-refractivity contribution in [3.8, 4) is 22.5 Å². The van der Waals surface area contributed by atoms with E-state index < -0.39 is 0 Å². The van der Waals surface area contributed by atoms with Crippen molar-refractivity contribution in [1.82, 2.24) is 9.97 Å². The molecule has 0 aliphatic heterocycles. The maximum atomic E-state index is 12.6. The summed E-state index contributed by atoms with van der Waals surface area (Å²) in [4.78, 5) is 21.0. The van der Waals surface area contributed by atoms with Gasteiger partial charge in [0.15, 0.2) is 0 Å². The lowest BCUT2D eigenvalue weighted by molar-refractivity contribution is 1.19. The number of nitrogens with one attached hydrogen (secondary N) is 1. The highest BCUT2D eigenvalue weighted by molar-refractivity contribution is 7.17. The van der Waals surface area contributed by atoms with Gasteiger partial charge in [-0.05, 0) is 18.6 Å². The van der Waals surface area contributed by atoms with Crippen molar-refractivity contribution in [3.63, 3.8) is 0 Å². The molecule has 2 aromatic carbocycles. The topological polar surface area (TPSA) is 45.8 Å². The summed E-state index contributed by atoms with van der Waals surface area (Å²) in [5.74, 6) is 0.618. The minimum absolute atomic E-state index is 0.0911. The van der Waals surface area contributed by atoms with Gasteiger partial charge in [0.25, 0.3) is 5.56 Å². The highest BCUT2D eigenvalue weighted by atomic mass is 32.1. The second-order valence-electron chi connectivity index (χ2n) is 5.48. The molecule has 0 bridgehead atoms. The van der Waals surface area contributed by atoms with Gasteiger partial charge in [0.2, 0.25) is 0 Å². The van der Waals surface area contributed by atoms with Crippen molar-refractivity contribution in [3.05, 3.63) is 75.9 Å². The van der Waals surface area contributed by atoms with Gasteiger partial charge < -0.3 is 4.98 Å². The molecule has 3 nitrogen and oxygen atoms in total. The lowest BCUT2D eigenvalue weighted by Gasteiger charge is -2.03. The minimum atomic E-state index is -0.0911. The Morgan fingerprint density at radius 2 is 1.78 bits per heavy atom. The second kappa shape index (κ2) is 5.48. The number of hydrogen-bond donors (Lipinski definition) is 1. The SMILES string of the molecule is Cc1cccc(-c2nc3scc(-c4ccccc4)c3c(=O)[nH]2)c1. The zero-order chi connectivity index (χ0) is 15.8. The smallest absolute Gasteiger partial charge is 0.260 e. The first kappa shape index (κ1) is 13.9. The monoisotopic (exact) mass is 318 g/mol. The van der Waals surface area contributed by atoms with Crippen LogP contribution < -0.4 is 5.56 Å². The third-order valence-electron chi connectivity index (χ3n) is 3.82. The van der Waals surface area contributed by atoms with Crippen LogP contribution in [-0.4, -0.2) is 9.97 Å². The molecule has 0 amide bonds. The van der Waals surface area contributed by atoms with Gasteiger partial charge in [0.1, 0.15) is 10.7 Å². The number of aromatic amines is 1. The van der Waals surface area contributed by atoms with Crippen LogP contribution >= 0.6 is 11.3 Å². The van der Waals surface area contributed by atoms with Crippen molar-refractivity contribution in [2.45, 2.75) is 6.92 Å². The summed E-state index contributed by atoms with van der Waals surface area (Å²) in [7, 11) is 0. The summed E-state index contributed by atoms with van der Waals surface area (Å²) in [5, 5.41) is 2.67. The number of H-pyrrole nitrogens is 1. The highest BCUT2D eigenvalue weighted by Crippen LogP contribution is 2.31. The molecule has 0 saturated heterocycles. The van der Waals surface area contributed by atoms with Crippen LogP contribution in [0.5, 0.6) is 0 Å². The van der Waals surface area contributed by atoms with E-state index in [2.05, 4.69) is 9.97 Å². The molecule has 0 saturated carbocycles. The molecule has 4 rings (SSSR count). The van der Waals surface area contributed by atoms with Crippen molar-refractivity contribution in [1.29, 1.82) is 0 Å². The highest BCUT2D eigenvalue weighted by Gasteiger charge is 2.13. The molecule has 0 unspecified atom stereocenters. The van der Waals surface area contributed by atoms with E-state index in [-0.39, 0.29) is 5.56 Å². The number of benzene rings is 2. The summed E-state index contributed by atoms with van der Waals surface area (Å²) in [6.07, 6.45) is 0. The zero-order valence-corrected chi connectivity index (χ0v) is 13.4. The van der Waals surface area contributed by atoms with Gasteiger partial charge in [-0.3, -0.25) is 4.79 Å². The average molecular weight is 318 g/mol. The Bertz CT molecular complexity index is 1050. The predicted molar refractivity (Wildman–Crippen MR) is 95.8 cm³/mol. The summed E-state index contributed by atoms with van der Waals surface area (Å²) < 4.78 is 0. The van der Waals surface area contributed by atoms with Crippen LogP contribution in [-0.2, 0) is 0 Å².